The fraction of sp³-hybridized carbons (Fsp3) is 0.417. The summed E-state index contributed by atoms with van der Waals surface area (Å²) in [5, 5.41) is 0. The Labute approximate surface area is 83.6 Å². The first-order valence-electron chi connectivity index (χ1n) is 5.32. The van der Waals surface area contributed by atoms with E-state index in [1.165, 1.54) is 24.2 Å². The van der Waals surface area contributed by atoms with Crippen LogP contribution in [0.2, 0.25) is 0 Å². The van der Waals surface area contributed by atoms with Crippen molar-refractivity contribution >= 4 is 5.65 Å². The minimum atomic E-state index is 0.663. The van der Waals surface area contributed by atoms with Crippen LogP contribution in [0, 0.1) is 0 Å². The number of fused-ring (bicyclic) bond motifs is 3. The summed E-state index contributed by atoms with van der Waals surface area (Å²) in [6, 6.07) is 6.22. The minimum Gasteiger partial charge on any atom is -0.304 e. The monoisotopic (exact) mass is 186 g/mol. The fourth-order valence-corrected chi connectivity index (χ4v) is 2.48. The highest BCUT2D eigenvalue weighted by molar-refractivity contribution is 5.44. The Bertz CT molecular complexity index is 470. The first-order valence-corrected chi connectivity index (χ1v) is 5.32. The number of aromatic nitrogens is 2. The van der Waals surface area contributed by atoms with Crippen LogP contribution in [0.25, 0.3) is 5.65 Å². The van der Waals surface area contributed by atoms with E-state index in [-0.39, 0.29) is 0 Å². The lowest BCUT2D eigenvalue weighted by molar-refractivity contribution is 0.568. The molecular weight excluding hydrogens is 172 g/mol. The second-order valence-electron chi connectivity index (χ2n) is 4.17. The van der Waals surface area contributed by atoms with Crippen molar-refractivity contribution in [3.05, 3.63) is 35.8 Å². The van der Waals surface area contributed by atoms with Gasteiger partial charge in [-0.25, -0.2) is 4.98 Å². The molecule has 0 fully saturated rings. The molecule has 0 bridgehead atoms. The molecule has 3 rings (SSSR count). The van der Waals surface area contributed by atoms with E-state index < -0.39 is 0 Å². The van der Waals surface area contributed by atoms with E-state index >= 15 is 0 Å². The second kappa shape index (κ2) is 2.84. The van der Waals surface area contributed by atoms with E-state index in [1.807, 2.05) is 0 Å². The van der Waals surface area contributed by atoms with Gasteiger partial charge < -0.3 is 4.40 Å². The third-order valence-corrected chi connectivity index (χ3v) is 3.16. The molecule has 0 spiro atoms. The van der Waals surface area contributed by atoms with Crippen molar-refractivity contribution in [1.82, 2.24) is 9.38 Å². The van der Waals surface area contributed by atoms with Gasteiger partial charge in [0.05, 0.1) is 5.69 Å². The highest BCUT2D eigenvalue weighted by Crippen LogP contribution is 2.31. The maximum absolute atomic E-state index is 4.67. The predicted octanol–water partition coefficient (Wildman–Crippen LogP) is 2.77. The molecule has 14 heavy (non-hydrogen) atoms. The molecule has 72 valence electrons. The molecule has 2 aromatic rings. The van der Waals surface area contributed by atoms with Crippen molar-refractivity contribution in [1.29, 1.82) is 0 Å². The fourth-order valence-electron chi connectivity index (χ4n) is 2.48. The number of rotatable bonds is 0. The number of hydrogen-bond donors (Lipinski definition) is 0. The minimum absolute atomic E-state index is 0.663. The SMILES string of the molecule is CC1CCCc2nc3ccccn3c21. The second-order valence-corrected chi connectivity index (χ2v) is 4.17. The normalized spacial score (nSPS) is 21.1. The van der Waals surface area contributed by atoms with Crippen molar-refractivity contribution in [2.75, 3.05) is 0 Å². The summed E-state index contributed by atoms with van der Waals surface area (Å²) < 4.78 is 2.25. The van der Waals surface area contributed by atoms with Gasteiger partial charge in [0.2, 0.25) is 0 Å². The molecule has 2 heterocycles. The summed E-state index contributed by atoms with van der Waals surface area (Å²) in [7, 11) is 0. The van der Waals surface area contributed by atoms with Gasteiger partial charge in [0, 0.05) is 11.9 Å². The Hall–Kier alpha value is -1.31. The quantitative estimate of drug-likeness (QED) is 0.618. The lowest BCUT2D eigenvalue weighted by Gasteiger charge is -2.17. The maximum Gasteiger partial charge on any atom is 0.137 e. The molecule has 2 heteroatoms. The highest BCUT2D eigenvalue weighted by atomic mass is 15.0. The van der Waals surface area contributed by atoms with Gasteiger partial charge in [-0.1, -0.05) is 13.0 Å². The summed E-state index contributed by atoms with van der Waals surface area (Å²) in [5.74, 6) is 0.663. The molecule has 0 radical (unpaired) electrons. The summed E-state index contributed by atoms with van der Waals surface area (Å²) in [5.41, 5.74) is 3.85. The first-order chi connectivity index (χ1) is 6.86. The molecule has 1 atom stereocenters. The number of aryl methyl sites for hydroxylation is 1. The van der Waals surface area contributed by atoms with E-state index in [0.717, 1.165) is 12.1 Å². The zero-order valence-electron chi connectivity index (χ0n) is 8.40. The van der Waals surface area contributed by atoms with Gasteiger partial charge in [-0.2, -0.15) is 0 Å². The van der Waals surface area contributed by atoms with Crippen LogP contribution in [0.15, 0.2) is 24.4 Å². The Morgan fingerprint density at radius 2 is 2.36 bits per heavy atom. The molecule has 0 amide bonds. The van der Waals surface area contributed by atoms with Gasteiger partial charge in [-0.05, 0) is 37.3 Å². The van der Waals surface area contributed by atoms with Crippen LogP contribution >= 0.6 is 0 Å². The summed E-state index contributed by atoms with van der Waals surface area (Å²) in [4.78, 5) is 4.67. The van der Waals surface area contributed by atoms with Crippen molar-refractivity contribution < 1.29 is 0 Å². The number of hydrogen-bond acceptors (Lipinski definition) is 1. The van der Waals surface area contributed by atoms with Crippen molar-refractivity contribution in [2.24, 2.45) is 0 Å². The average molecular weight is 186 g/mol. The molecule has 1 unspecified atom stereocenters. The summed E-state index contributed by atoms with van der Waals surface area (Å²) >= 11 is 0. The van der Waals surface area contributed by atoms with Gasteiger partial charge in [0.1, 0.15) is 5.65 Å². The largest absolute Gasteiger partial charge is 0.304 e. The van der Waals surface area contributed by atoms with Crippen molar-refractivity contribution in [3.8, 4) is 0 Å². The Kier molecular flexibility index (Phi) is 1.63. The van der Waals surface area contributed by atoms with Crippen LogP contribution in [0.4, 0.5) is 0 Å². The predicted molar refractivity (Wildman–Crippen MR) is 56.5 cm³/mol. The Morgan fingerprint density at radius 3 is 3.29 bits per heavy atom. The maximum atomic E-state index is 4.67. The molecule has 0 N–H and O–H groups in total. The molecule has 0 aliphatic heterocycles. The summed E-state index contributed by atoms with van der Waals surface area (Å²) in [6.45, 7) is 2.30. The van der Waals surface area contributed by atoms with Gasteiger partial charge in [0.15, 0.2) is 0 Å². The van der Waals surface area contributed by atoms with Crippen molar-refractivity contribution in [3.63, 3.8) is 0 Å². The summed E-state index contributed by atoms with van der Waals surface area (Å²) in [6.07, 6.45) is 5.87. The van der Waals surface area contributed by atoms with Crippen LogP contribution < -0.4 is 0 Å². The number of imidazole rings is 1. The van der Waals surface area contributed by atoms with Crippen LogP contribution in [0.1, 0.15) is 37.1 Å². The third kappa shape index (κ3) is 0.999. The molecule has 0 aromatic carbocycles. The number of pyridine rings is 1. The van der Waals surface area contributed by atoms with Crippen molar-refractivity contribution in [2.45, 2.75) is 32.1 Å². The average Bonchev–Trinajstić information content (AvgIpc) is 2.57. The van der Waals surface area contributed by atoms with Crippen LogP contribution in [0.5, 0.6) is 0 Å². The topological polar surface area (TPSA) is 17.3 Å². The van der Waals surface area contributed by atoms with E-state index in [1.54, 1.807) is 0 Å². The van der Waals surface area contributed by atoms with Gasteiger partial charge in [-0.15, -0.1) is 0 Å². The van der Waals surface area contributed by atoms with Gasteiger partial charge in [-0.3, -0.25) is 0 Å². The molecule has 1 aliphatic rings. The Balaban J connectivity index is 2.34. The van der Waals surface area contributed by atoms with E-state index in [4.69, 9.17) is 0 Å². The molecule has 0 saturated carbocycles. The zero-order chi connectivity index (χ0) is 9.54. The lowest BCUT2D eigenvalue weighted by Crippen LogP contribution is -2.08. The molecular formula is C12H14N2. The van der Waals surface area contributed by atoms with E-state index in [0.29, 0.717) is 5.92 Å². The van der Waals surface area contributed by atoms with Gasteiger partial charge >= 0.3 is 0 Å². The lowest BCUT2D eigenvalue weighted by atomic mass is 9.91. The highest BCUT2D eigenvalue weighted by Gasteiger charge is 2.21. The van der Waals surface area contributed by atoms with Gasteiger partial charge in [0.25, 0.3) is 0 Å². The van der Waals surface area contributed by atoms with Crippen LogP contribution in [0.3, 0.4) is 0 Å². The molecule has 0 saturated heterocycles. The smallest absolute Gasteiger partial charge is 0.137 e. The first kappa shape index (κ1) is 8.04. The van der Waals surface area contributed by atoms with Crippen LogP contribution in [-0.4, -0.2) is 9.38 Å². The van der Waals surface area contributed by atoms with E-state index in [9.17, 15) is 0 Å². The standard InChI is InChI=1S/C12H14N2/c1-9-5-4-6-10-12(9)14-8-3-2-7-11(14)13-10/h2-3,7-9H,4-6H2,1H3. The van der Waals surface area contributed by atoms with E-state index in [2.05, 4.69) is 40.7 Å². The number of nitrogens with zero attached hydrogens (tertiary/aromatic N) is 2. The molecule has 1 aliphatic carbocycles. The third-order valence-electron chi connectivity index (χ3n) is 3.16. The zero-order valence-corrected chi connectivity index (χ0v) is 8.40. The molecule has 2 nitrogen and oxygen atoms in total. The van der Waals surface area contributed by atoms with Crippen LogP contribution in [-0.2, 0) is 6.42 Å². The Morgan fingerprint density at radius 1 is 1.43 bits per heavy atom. The molecule has 2 aromatic heterocycles.